The number of ether oxygens (including phenoxy) is 3. The third kappa shape index (κ3) is 8.82. The molecule has 0 aliphatic carbocycles. The van der Waals surface area contributed by atoms with Crippen molar-refractivity contribution < 1.29 is 33.7 Å². The van der Waals surface area contributed by atoms with Crippen LogP contribution < -0.4 is 5.73 Å². The highest BCUT2D eigenvalue weighted by Gasteiger charge is 2.53. The van der Waals surface area contributed by atoms with Crippen LogP contribution in [0, 0.1) is 24.2 Å². The van der Waals surface area contributed by atoms with Crippen LogP contribution in [0.2, 0.25) is 0 Å². The molecule has 46 heavy (non-hydrogen) atoms. The summed E-state index contributed by atoms with van der Waals surface area (Å²) in [4.78, 5) is 45.7. The number of allylic oxidation sites excluding steroid dienone is 1. The minimum absolute atomic E-state index is 0.111. The Morgan fingerprint density at radius 1 is 1.24 bits per heavy atom. The maximum absolute atomic E-state index is 14.2. The Hall–Kier alpha value is -2.66. The molecule has 0 spiro atoms. The highest BCUT2D eigenvalue weighted by Crippen LogP contribution is 2.47. The second kappa shape index (κ2) is 15.5. The van der Waals surface area contributed by atoms with Crippen molar-refractivity contribution in [2.75, 3.05) is 6.54 Å². The van der Waals surface area contributed by atoms with Crippen molar-refractivity contribution in [3.63, 3.8) is 0 Å². The third-order valence-electron chi connectivity index (χ3n) is 9.86. The molecule has 3 heterocycles. The lowest BCUT2D eigenvalue weighted by Crippen LogP contribution is -2.48. The average molecular weight is 657 g/mol. The molecule has 0 saturated carbocycles. The summed E-state index contributed by atoms with van der Waals surface area (Å²) in [5.74, 6) is -2.26. The summed E-state index contributed by atoms with van der Waals surface area (Å²) in [6.07, 6.45) is 3.94. The highest BCUT2D eigenvalue weighted by atomic mass is 32.1. The first kappa shape index (κ1) is 36.2. The summed E-state index contributed by atoms with van der Waals surface area (Å²) in [5, 5.41) is 12.4. The van der Waals surface area contributed by atoms with Crippen LogP contribution in [0.25, 0.3) is 10.2 Å². The van der Waals surface area contributed by atoms with E-state index < -0.39 is 41.6 Å². The van der Waals surface area contributed by atoms with E-state index in [2.05, 4.69) is 18.5 Å². The monoisotopic (exact) mass is 656 g/mol. The number of epoxide rings is 1. The zero-order valence-corrected chi connectivity index (χ0v) is 28.9. The second-order valence-electron chi connectivity index (χ2n) is 14.0. The number of carbonyl (C=O) groups excluding carboxylic acids is 3. The van der Waals surface area contributed by atoms with Crippen molar-refractivity contribution in [3.05, 3.63) is 41.4 Å². The van der Waals surface area contributed by atoms with Gasteiger partial charge in [-0.25, -0.2) is 4.98 Å². The standard InChI is InChI=1S/C36H52N2O7S/c1-7-12-25-33(41)22(2)13-11-17-36(6)30(45-36)20-27(24-15-16-28-26(19-24)38-23(3)46-28)43-32(40)21-29(35(4,5)34(25)42)44-31(39)14-9-8-10-18-37/h7,15-16,19,22,25,27,29-30,33,41H,1,8-14,17-18,20-21,37H2,2-6H3. The van der Waals surface area contributed by atoms with Crippen LogP contribution in [0.1, 0.15) is 109 Å². The van der Waals surface area contributed by atoms with Crippen LogP contribution in [-0.2, 0) is 28.6 Å². The molecule has 9 nitrogen and oxygen atoms in total. The predicted octanol–water partition coefficient (Wildman–Crippen LogP) is 6.53. The average Bonchev–Trinajstić information content (AvgIpc) is 3.47. The molecule has 1 aromatic heterocycles. The highest BCUT2D eigenvalue weighted by molar-refractivity contribution is 7.18. The molecule has 0 bridgehead atoms. The Kier molecular flexibility index (Phi) is 12.2. The normalized spacial score (nSPS) is 30.8. The number of aromatic nitrogens is 1. The van der Waals surface area contributed by atoms with Gasteiger partial charge < -0.3 is 25.1 Å². The number of unbranched alkanes of at least 4 members (excludes halogenated alkanes) is 2. The van der Waals surface area contributed by atoms with Crippen molar-refractivity contribution >= 4 is 39.3 Å². The quantitative estimate of drug-likeness (QED) is 0.133. The molecule has 3 N–H and O–H groups in total. The number of aliphatic hydroxyl groups is 1. The van der Waals surface area contributed by atoms with Gasteiger partial charge in [-0.3, -0.25) is 14.4 Å². The first-order valence-electron chi connectivity index (χ1n) is 16.8. The van der Waals surface area contributed by atoms with Gasteiger partial charge in [-0.1, -0.05) is 31.9 Å². The number of hydrogen-bond donors (Lipinski definition) is 2. The lowest BCUT2D eigenvalue weighted by atomic mass is 9.71. The fourth-order valence-corrected chi connectivity index (χ4v) is 7.49. The first-order valence-corrected chi connectivity index (χ1v) is 17.6. The molecule has 7 unspecified atom stereocenters. The number of thiazole rings is 1. The van der Waals surface area contributed by atoms with E-state index in [4.69, 9.17) is 19.9 Å². The van der Waals surface area contributed by atoms with Crippen molar-refractivity contribution in [2.45, 2.75) is 129 Å². The summed E-state index contributed by atoms with van der Waals surface area (Å²) < 4.78 is 19.4. The van der Waals surface area contributed by atoms with E-state index >= 15 is 0 Å². The minimum atomic E-state index is -1.29. The number of cyclic esters (lactones) is 1. The third-order valence-corrected chi connectivity index (χ3v) is 10.8. The van der Waals surface area contributed by atoms with Crippen LogP contribution in [0.3, 0.4) is 0 Å². The number of aliphatic hydroxyl groups excluding tert-OH is 1. The zero-order chi connectivity index (χ0) is 33.6. The van der Waals surface area contributed by atoms with E-state index in [1.807, 2.05) is 32.0 Å². The van der Waals surface area contributed by atoms with Gasteiger partial charge in [0.2, 0.25) is 0 Å². The molecule has 2 aliphatic heterocycles. The number of aryl methyl sites for hydroxylation is 1. The smallest absolute Gasteiger partial charge is 0.310 e. The Morgan fingerprint density at radius 2 is 2.00 bits per heavy atom. The Bertz CT molecular complexity index is 1390. The summed E-state index contributed by atoms with van der Waals surface area (Å²) in [5.41, 5.74) is 5.60. The number of rotatable bonds is 9. The van der Waals surface area contributed by atoms with E-state index in [1.165, 1.54) is 0 Å². The summed E-state index contributed by atoms with van der Waals surface area (Å²) >= 11 is 1.61. The van der Waals surface area contributed by atoms with Gasteiger partial charge in [0.1, 0.15) is 18.0 Å². The van der Waals surface area contributed by atoms with E-state index in [-0.39, 0.29) is 42.7 Å². The van der Waals surface area contributed by atoms with E-state index in [0.717, 1.165) is 46.5 Å². The second-order valence-corrected chi connectivity index (χ2v) is 15.2. The maximum Gasteiger partial charge on any atom is 0.310 e. The number of fused-ring (bicyclic) bond motifs is 2. The molecule has 2 aliphatic rings. The molecule has 10 heteroatoms. The largest absolute Gasteiger partial charge is 0.461 e. The Morgan fingerprint density at radius 3 is 2.72 bits per heavy atom. The molecule has 0 amide bonds. The summed E-state index contributed by atoms with van der Waals surface area (Å²) in [6.45, 7) is 13.7. The maximum atomic E-state index is 14.2. The van der Waals surface area contributed by atoms with Gasteiger partial charge >= 0.3 is 11.9 Å². The number of ketones is 1. The Balaban J connectivity index is 1.67. The molecule has 2 fully saturated rings. The number of hydrogen-bond acceptors (Lipinski definition) is 10. The number of Topliss-reactive ketones (excluding diaryl/α,β-unsaturated/α-hetero) is 1. The van der Waals surface area contributed by atoms with Gasteiger partial charge in [-0.2, -0.15) is 0 Å². The first-order chi connectivity index (χ1) is 21.8. The van der Waals surface area contributed by atoms with Crippen molar-refractivity contribution in [1.82, 2.24) is 4.98 Å². The van der Waals surface area contributed by atoms with E-state index in [0.29, 0.717) is 25.8 Å². The Labute approximate surface area is 277 Å². The van der Waals surface area contributed by atoms with Crippen LogP contribution in [0.4, 0.5) is 0 Å². The molecule has 2 saturated heterocycles. The fourth-order valence-electron chi connectivity index (χ4n) is 6.69. The molecule has 7 atom stereocenters. The summed E-state index contributed by atoms with van der Waals surface area (Å²) in [6, 6.07) is 5.92. The van der Waals surface area contributed by atoms with Gasteiger partial charge in [0, 0.05) is 18.8 Å². The van der Waals surface area contributed by atoms with Crippen molar-refractivity contribution in [3.8, 4) is 0 Å². The van der Waals surface area contributed by atoms with Crippen LogP contribution in [0.15, 0.2) is 30.9 Å². The van der Waals surface area contributed by atoms with Crippen LogP contribution in [0.5, 0.6) is 0 Å². The van der Waals surface area contributed by atoms with Crippen molar-refractivity contribution in [2.24, 2.45) is 23.0 Å². The summed E-state index contributed by atoms with van der Waals surface area (Å²) in [7, 11) is 0. The van der Waals surface area contributed by atoms with Gasteiger partial charge in [0.05, 0.1) is 44.9 Å². The number of benzene rings is 1. The lowest BCUT2D eigenvalue weighted by Gasteiger charge is -2.37. The van der Waals surface area contributed by atoms with Crippen LogP contribution >= 0.6 is 11.3 Å². The molecule has 254 valence electrons. The van der Waals surface area contributed by atoms with E-state index in [9.17, 15) is 19.5 Å². The number of nitrogens with two attached hydrogens (primary N) is 1. The van der Waals surface area contributed by atoms with Gasteiger partial charge in [-0.15, -0.1) is 17.9 Å². The molecule has 4 rings (SSSR count). The number of carbonyl (C=O) groups is 3. The minimum Gasteiger partial charge on any atom is -0.461 e. The van der Waals surface area contributed by atoms with Gasteiger partial charge in [0.15, 0.2) is 0 Å². The van der Waals surface area contributed by atoms with E-state index in [1.54, 1.807) is 31.3 Å². The zero-order valence-electron chi connectivity index (χ0n) is 28.1. The lowest BCUT2D eigenvalue weighted by molar-refractivity contribution is -0.168. The molecule has 2 aromatic rings. The molecular weight excluding hydrogens is 604 g/mol. The van der Waals surface area contributed by atoms with Gasteiger partial charge in [0.25, 0.3) is 0 Å². The fraction of sp³-hybridized carbons (Fsp3) is 0.667. The number of esters is 2. The molecule has 0 radical (unpaired) electrons. The molecular formula is C36H52N2O7S. The van der Waals surface area contributed by atoms with Crippen LogP contribution in [-0.4, -0.2) is 58.3 Å². The topological polar surface area (TPSA) is 141 Å². The molecule has 1 aromatic carbocycles. The van der Waals surface area contributed by atoms with Crippen molar-refractivity contribution in [1.29, 1.82) is 0 Å². The SMILES string of the molecule is C=CCC1C(=O)C(C)(C)C(OC(=O)CCCCCN)CC(=O)OC(c2ccc3sc(C)nc3c2)CC2OC2(C)CCCC(C)C1O. The van der Waals surface area contributed by atoms with Gasteiger partial charge in [-0.05, 0) is 90.0 Å². The number of nitrogens with zero attached hydrogens (tertiary/aromatic N) is 1. The predicted molar refractivity (Wildman–Crippen MR) is 179 cm³/mol.